The van der Waals surface area contributed by atoms with E-state index in [0.29, 0.717) is 24.8 Å². The van der Waals surface area contributed by atoms with Crippen LogP contribution in [-0.4, -0.2) is 25.1 Å². The Bertz CT molecular complexity index is 414. The van der Waals surface area contributed by atoms with Crippen molar-refractivity contribution in [3.05, 3.63) is 29.8 Å². The lowest BCUT2D eigenvalue weighted by atomic mass is 10.2. The Morgan fingerprint density at radius 1 is 1.37 bits per heavy atom. The molecule has 1 aromatic carbocycles. The van der Waals surface area contributed by atoms with Crippen molar-refractivity contribution in [1.29, 1.82) is 0 Å². The molecule has 104 valence electrons. The van der Waals surface area contributed by atoms with Gasteiger partial charge in [-0.2, -0.15) is 0 Å². The maximum atomic E-state index is 11.9. The maximum absolute atomic E-state index is 11.9. The number of carbonyl (C=O) groups excluding carboxylic acids is 1. The summed E-state index contributed by atoms with van der Waals surface area (Å²) < 4.78 is 5.89. The van der Waals surface area contributed by atoms with Crippen molar-refractivity contribution in [3.8, 4) is 5.75 Å². The highest BCUT2D eigenvalue weighted by Gasteiger charge is 2.16. The van der Waals surface area contributed by atoms with Crippen LogP contribution in [0.15, 0.2) is 24.3 Å². The third-order valence-electron chi connectivity index (χ3n) is 3.37. The fourth-order valence-corrected chi connectivity index (χ4v) is 2.32. The Kier molecular flexibility index (Phi) is 5.21. The van der Waals surface area contributed by atoms with Crippen LogP contribution in [0.25, 0.3) is 0 Å². The second-order valence-electron chi connectivity index (χ2n) is 4.95. The van der Waals surface area contributed by atoms with E-state index in [2.05, 4.69) is 5.32 Å². The van der Waals surface area contributed by atoms with E-state index >= 15 is 0 Å². The molecule has 1 aromatic rings. The molecular weight excluding hydrogens is 240 g/mol. The quantitative estimate of drug-likeness (QED) is 0.772. The molecule has 1 saturated carbocycles. The first kappa shape index (κ1) is 13.9. The summed E-state index contributed by atoms with van der Waals surface area (Å²) >= 11 is 0. The molecular formula is C15H22N2O2. The lowest BCUT2D eigenvalue weighted by Crippen LogP contribution is -2.26. The molecule has 1 amide bonds. The lowest BCUT2D eigenvalue weighted by Gasteiger charge is -2.13. The number of amides is 1. The van der Waals surface area contributed by atoms with Gasteiger partial charge in [-0.1, -0.05) is 6.07 Å². The van der Waals surface area contributed by atoms with Gasteiger partial charge in [0.15, 0.2) is 0 Å². The molecule has 0 aromatic heterocycles. The van der Waals surface area contributed by atoms with E-state index < -0.39 is 0 Å². The minimum absolute atomic E-state index is 0.0645. The van der Waals surface area contributed by atoms with Crippen molar-refractivity contribution in [1.82, 2.24) is 5.32 Å². The van der Waals surface area contributed by atoms with Crippen LogP contribution in [0.4, 0.5) is 0 Å². The van der Waals surface area contributed by atoms with Crippen LogP contribution >= 0.6 is 0 Å². The topological polar surface area (TPSA) is 64.3 Å². The molecule has 0 unspecified atom stereocenters. The zero-order valence-electron chi connectivity index (χ0n) is 11.2. The summed E-state index contributed by atoms with van der Waals surface area (Å²) in [5.41, 5.74) is 6.04. The average molecular weight is 262 g/mol. The Balaban J connectivity index is 1.91. The summed E-state index contributed by atoms with van der Waals surface area (Å²) in [7, 11) is 0. The Morgan fingerprint density at radius 3 is 2.89 bits per heavy atom. The van der Waals surface area contributed by atoms with Gasteiger partial charge in [0.05, 0.1) is 6.10 Å². The minimum atomic E-state index is -0.0645. The van der Waals surface area contributed by atoms with Crippen LogP contribution in [-0.2, 0) is 0 Å². The van der Waals surface area contributed by atoms with E-state index in [1.165, 1.54) is 12.8 Å². The molecule has 0 heterocycles. The smallest absolute Gasteiger partial charge is 0.251 e. The summed E-state index contributed by atoms with van der Waals surface area (Å²) in [6.07, 6.45) is 5.83. The highest BCUT2D eigenvalue weighted by molar-refractivity contribution is 5.94. The molecule has 0 spiro atoms. The molecule has 0 saturated heterocycles. The Morgan fingerprint density at radius 2 is 2.16 bits per heavy atom. The van der Waals surface area contributed by atoms with E-state index in [-0.39, 0.29) is 5.91 Å². The Hall–Kier alpha value is -1.55. The standard InChI is InChI=1S/C15H22N2O2/c16-9-4-10-17-15(18)12-5-3-8-14(11-12)19-13-6-1-2-7-13/h3,5,8,11,13H,1-2,4,6-7,9-10,16H2,(H,17,18). The summed E-state index contributed by atoms with van der Waals surface area (Å²) in [6, 6.07) is 7.40. The van der Waals surface area contributed by atoms with Crippen molar-refractivity contribution in [2.75, 3.05) is 13.1 Å². The summed E-state index contributed by atoms with van der Waals surface area (Å²) in [4.78, 5) is 11.9. The zero-order valence-corrected chi connectivity index (χ0v) is 11.2. The van der Waals surface area contributed by atoms with E-state index in [4.69, 9.17) is 10.5 Å². The van der Waals surface area contributed by atoms with Gasteiger partial charge in [0.2, 0.25) is 0 Å². The van der Waals surface area contributed by atoms with E-state index in [1.54, 1.807) is 6.07 Å². The van der Waals surface area contributed by atoms with Crippen LogP contribution in [0, 0.1) is 0 Å². The minimum Gasteiger partial charge on any atom is -0.490 e. The van der Waals surface area contributed by atoms with Gasteiger partial charge < -0.3 is 15.8 Å². The van der Waals surface area contributed by atoms with E-state index in [0.717, 1.165) is 25.0 Å². The van der Waals surface area contributed by atoms with E-state index in [9.17, 15) is 4.79 Å². The maximum Gasteiger partial charge on any atom is 0.251 e. The van der Waals surface area contributed by atoms with Crippen molar-refractivity contribution in [2.24, 2.45) is 5.73 Å². The molecule has 2 rings (SSSR count). The fraction of sp³-hybridized carbons (Fsp3) is 0.533. The number of hydrogen-bond donors (Lipinski definition) is 2. The summed E-state index contributed by atoms with van der Waals surface area (Å²) in [5.74, 6) is 0.726. The molecule has 1 aliphatic rings. The molecule has 0 radical (unpaired) electrons. The number of rotatable bonds is 6. The van der Waals surface area contributed by atoms with Crippen LogP contribution in [0.3, 0.4) is 0 Å². The molecule has 4 nitrogen and oxygen atoms in total. The van der Waals surface area contributed by atoms with Crippen molar-refractivity contribution in [3.63, 3.8) is 0 Å². The first-order chi connectivity index (χ1) is 9.29. The second-order valence-corrected chi connectivity index (χ2v) is 4.95. The molecule has 19 heavy (non-hydrogen) atoms. The van der Waals surface area contributed by atoms with Crippen LogP contribution in [0.5, 0.6) is 5.75 Å². The van der Waals surface area contributed by atoms with Gasteiger partial charge in [0.1, 0.15) is 5.75 Å². The van der Waals surface area contributed by atoms with Crippen LogP contribution < -0.4 is 15.8 Å². The number of benzene rings is 1. The number of ether oxygens (including phenoxy) is 1. The van der Waals surface area contributed by atoms with Gasteiger partial charge in [-0.05, 0) is 56.8 Å². The Labute approximate surface area is 114 Å². The molecule has 0 aliphatic heterocycles. The van der Waals surface area contributed by atoms with Crippen LogP contribution in [0.1, 0.15) is 42.5 Å². The first-order valence-electron chi connectivity index (χ1n) is 7.04. The third kappa shape index (κ3) is 4.24. The van der Waals surface area contributed by atoms with Gasteiger partial charge >= 0.3 is 0 Å². The number of nitrogens with two attached hydrogens (primary N) is 1. The molecule has 0 atom stereocenters. The SMILES string of the molecule is NCCCNC(=O)c1cccc(OC2CCCC2)c1. The first-order valence-corrected chi connectivity index (χ1v) is 7.04. The van der Waals surface area contributed by atoms with Gasteiger partial charge in [-0.25, -0.2) is 0 Å². The molecule has 1 aliphatic carbocycles. The highest BCUT2D eigenvalue weighted by Crippen LogP contribution is 2.24. The van der Waals surface area contributed by atoms with Crippen molar-refractivity contribution < 1.29 is 9.53 Å². The summed E-state index contributed by atoms with van der Waals surface area (Å²) in [5, 5.41) is 2.85. The number of nitrogens with one attached hydrogen (secondary N) is 1. The third-order valence-corrected chi connectivity index (χ3v) is 3.37. The predicted molar refractivity (Wildman–Crippen MR) is 75.3 cm³/mol. The highest BCUT2D eigenvalue weighted by atomic mass is 16.5. The molecule has 4 heteroatoms. The number of carbonyl (C=O) groups is 1. The van der Waals surface area contributed by atoms with Crippen molar-refractivity contribution >= 4 is 5.91 Å². The van der Waals surface area contributed by atoms with Gasteiger partial charge in [0, 0.05) is 12.1 Å². The monoisotopic (exact) mass is 262 g/mol. The average Bonchev–Trinajstić information content (AvgIpc) is 2.92. The molecule has 3 N–H and O–H groups in total. The second kappa shape index (κ2) is 7.14. The normalized spacial score (nSPS) is 15.4. The predicted octanol–water partition coefficient (Wildman–Crippen LogP) is 2.09. The molecule has 1 fully saturated rings. The van der Waals surface area contributed by atoms with Gasteiger partial charge in [-0.15, -0.1) is 0 Å². The molecule has 0 bridgehead atoms. The largest absolute Gasteiger partial charge is 0.490 e. The lowest BCUT2D eigenvalue weighted by molar-refractivity contribution is 0.0952. The fourth-order valence-electron chi connectivity index (χ4n) is 2.32. The zero-order chi connectivity index (χ0) is 13.5. The van der Waals surface area contributed by atoms with Gasteiger partial charge in [0.25, 0.3) is 5.91 Å². The summed E-state index contributed by atoms with van der Waals surface area (Å²) in [6.45, 7) is 1.20. The van der Waals surface area contributed by atoms with Crippen LogP contribution in [0.2, 0.25) is 0 Å². The van der Waals surface area contributed by atoms with Gasteiger partial charge in [-0.3, -0.25) is 4.79 Å². The number of hydrogen-bond acceptors (Lipinski definition) is 3. The van der Waals surface area contributed by atoms with Crippen molar-refractivity contribution in [2.45, 2.75) is 38.2 Å². The van der Waals surface area contributed by atoms with E-state index in [1.807, 2.05) is 18.2 Å².